The van der Waals surface area contributed by atoms with E-state index in [1.54, 1.807) is 0 Å². The summed E-state index contributed by atoms with van der Waals surface area (Å²) in [6.45, 7) is 6.20. The third kappa shape index (κ3) is 2.73. The maximum absolute atomic E-state index is 2.28. The Kier molecular flexibility index (Phi) is 4.45. The van der Waals surface area contributed by atoms with Gasteiger partial charge in [0.05, 0.1) is 0 Å². The van der Waals surface area contributed by atoms with Crippen LogP contribution in [0.4, 0.5) is 0 Å². The Bertz CT molecular complexity index is 298. The summed E-state index contributed by atoms with van der Waals surface area (Å²) in [4.78, 5) is 0. The molecule has 0 saturated carbocycles. The number of hydrogen-bond donors (Lipinski definition) is 0. The molecule has 0 radical (unpaired) electrons. The SMILES string of the molecule is CC.CC1=CC=C(C2=CC=CC2)CC1. The Balaban J connectivity index is 0.000000461. The lowest BCUT2D eigenvalue weighted by Crippen LogP contribution is -1.93. The van der Waals surface area contributed by atoms with E-state index in [0.717, 1.165) is 6.42 Å². The van der Waals surface area contributed by atoms with Crippen molar-refractivity contribution in [3.05, 3.63) is 47.1 Å². The molecule has 0 bridgehead atoms. The molecule has 0 nitrogen and oxygen atoms in total. The van der Waals surface area contributed by atoms with E-state index in [2.05, 4.69) is 37.3 Å². The van der Waals surface area contributed by atoms with Crippen molar-refractivity contribution in [2.75, 3.05) is 0 Å². The summed E-state index contributed by atoms with van der Waals surface area (Å²) in [6, 6.07) is 0. The van der Waals surface area contributed by atoms with Gasteiger partial charge in [0, 0.05) is 0 Å². The highest BCUT2D eigenvalue weighted by atomic mass is 14.1. The lowest BCUT2D eigenvalue weighted by atomic mass is 9.93. The molecule has 0 unspecified atom stereocenters. The van der Waals surface area contributed by atoms with Crippen LogP contribution in [0.2, 0.25) is 0 Å². The summed E-state index contributed by atoms with van der Waals surface area (Å²) >= 11 is 0. The monoisotopic (exact) mass is 188 g/mol. The maximum Gasteiger partial charge on any atom is -0.00916 e. The fourth-order valence-electron chi connectivity index (χ4n) is 1.69. The highest BCUT2D eigenvalue weighted by molar-refractivity contribution is 5.43. The molecule has 0 heteroatoms. The first-order valence-corrected chi connectivity index (χ1v) is 5.58. The van der Waals surface area contributed by atoms with E-state index in [4.69, 9.17) is 0 Å². The van der Waals surface area contributed by atoms with Crippen LogP contribution in [0, 0.1) is 0 Å². The molecule has 0 N–H and O–H groups in total. The van der Waals surface area contributed by atoms with Gasteiger partial charge >= 0.3 is 0 Å². The van der Waals surface area contributed by atoms with E-state index in [-0.39, 0.29) is 0 Å². The lowest BCUT2D eigenvalue weighted by Gasteiger charge is -2.12. The minimum Gasteiger partial charge on any atom is -0.0801 e. The molecular weight excluding hydrogens is 168 g/mol. The van der Waals surface area contributed by atoms with Crippen LogP contribution in [0.3, 0.4) is 0 Å². The normalized spacial score (nSPS) is 19.2. The van der Waals surface area contributed by atoms with Gasteiger partial charge in [-0.1, -0.05) is 49.8 Å². The van der Waals surface area contributed by atoms with E-state index < -0.39 is 0 Å². The topological polar surface area (TPSA) is 0 Å². The fourth-order valence-corrected chi connectivity index (χ4v) is 1.69. The second-order valence-electron chi connectivity index (χ2n) is 3.53. The molecular formula is C14H20. The lowest BCUT2D eigenvalue weighted by molar-refractivity contribution is 0.906. The van der Waals surface area contributed by atoms with Gasteiger partial charge in [0.2, 0.25) is 0 Å². The van der Waals surface area contributed by atoms with Crippen LogP contribution in [-0.2, 0) is 0 Å². The molecule has 0 aliphatic heterocycles. The van der Waals surface area contributed by atoms with Gasteiger partial charge in [0.15, 0.2) is 0 Å². The van der Waals surface area contributed by atoms with Crippen LogP contribution >= 0.6 is 0 Å². The third-order valence-corrected chi connectivity index (χ3v) is 2.54. The van der Waals surface area contributed by atoms with Crippen LogP contribution in [0.1, 0.15) is 40.0 Å². The van der Waals surface area contributed by atoms with Gasteiger partial charge in [-0.15, -0.1) is 0 Å². The highest BCUT2D eigenvalue weighted by Crippen LogP contribution is 2.27. The molecule has 14 heavy (non-hydrogen) atoms. The first-order chi connectivity index (χ1) is 6.86. The third-order valence-electron chi connectivity index (χ3n) is 2.54. The van der Waals surface area contributed by atoms with Crippen molar-refractivity contribution in [3.8, 4) is 0 Å². The van der Waals surface area contributed by atoms with Gasteiger partial charge in [0.25, 0.3) is 0 Å². The summed E-state index contributed by atoms with van der Waals surface area (Å²) in [5.74, 6) is 0. The maximum atomic E-state index is 2.28. The van der Waals surface area contributed by atoms with E-state index in [1.165, 1.54) is 29.6 Å². The Morgan fingerprint density at radius 2 is 1.71 bits per heavy atom. The molecule has 0 spiro atoms. The molecule has 2 aliphatic carbocycles. The summed E-state index contributed by atoms with van der Waals surface area (Å²) in [7, 11) is 0. The molecule has 0 aromatic carbocycles. The molecule has 0 heterocycles. The van der Waals surface area contributed by atoms with Crippen molar-refractivity contribution in [1.29, 1.82) is 0 Å². The average molecular weight is 188 g/mol. The molecule has 0 saturated heterocycles. The summed E-state index contributed by atoms with van der Waals surface area (Å²) in [5.41, 5.74) is 4.55. The first kappa shape index (κ1) is 11.0. The molecule has 2 rings (SSSR count). The van der Waals surface area contributed by atoms with Crippen molar-refractivity contribution in [3.63, 3.8) is 0 Å². The highest BCUT2D eigenvalue weighted by Gasteiger charge is 2.08. The van der Waals surface area contributed by atoms with Gasteiger partial charge in [-0.3, -0.25) is 0 Å². The van der Waals surface area contributed by atoms with Crippen LogP contribution in [0.5, 0.6) is 0 Å². The summed E-state index contributed by atoms with van der Waals surface area (Å²) < 4.78 is 0. The van der Waals surface area contributed by atoms with Crippen molar-refractivity contribution in [2.24, 2.45) is 0 Å². The quantitative estimate of drug-likeness (QED) is 0.565. The Morgan fingerprint density at radius 1 is 0.929 bits per heavy atom. The fraction of sp³-hybridized carbons (Fsp3) is 0.429. The van der Waals surface area contributed by atoms with Crippen LogP contribution in [0.25, 0.3) is 0 Å². The van der Waals surface area contributed by atoms with Crippen molar-refractivity contribution >= 4 is 0 Å². The number of allylic oxidation sites excluding steroid dienone is 8. The second-order valence-corrected chi connectivity index (χ2v) is 3.53. The standard InChI is InChI=1S/C12H14.C2H6/c1-10-6-8-12(9-7-10)11-4-2-3-5-11;1-2/h2-4,6,8H,5,7,9H2,1H3;1-2H3. The van der Waals surface area contributed by atoms with Gasteiger partial charge < -0.3 is 0 Å². The summed E-state index contributed by atoms with van der Waals surface area (Å²) in [6.07, 6.45) is 14.7. The zero-order chi connectivity index (χ0) is 10.4. The molecule has 0 aromatic heterocycles. The zero-order valence-electron chi connectivity index (χ0n) is 9.51. The predicted octanol–water partition coefficient (Wildman–Crippen LogP) is 4.57. The largest absolute Gasteiger partial charge is 0.0801 e. The van der Waals surface area contributed by atoms with Gasteiger partial charge in [-0.05, 0) is 37.3 Å². The van der Waals surface area contributed by atoms with Gasteiger partial charge in [-0.2, -0.15) is 0 Å². The number of hydrogen-bond acceptors (Lipinski definition) is 0. The Labute approximate surface area is 87.7 Å². The van der Waals surface area contributed by atoms with Gasteiger partial charge in [-0.25, -0.2) is 0 Å². The molecule has 0 amide bonds. The predicted molar refractivity (Wildman–Crippen MR) is 64.3 cm³/mol. The smallest absolute Gasteiger partial charge is 0.00916 e. The van der Waals surface area contributed by atoms with E-state index in [9.17, 15) is 0 Å². The van der Waals surface area contributed by atoms with Crippen molar-refractivity contribution < 1.29 is 0 Å². The minimum atomic E-state index is 1.14. The summed E-state index contributed by atoms with van der Waals surface area (Å²) in [5, 5.41) is 0. The number of rotatable bonds is 1. The van der Waals surface area contributed by atoms with Crippen molar-refractivity contribution in [2.45, 2.75) is 40.0 Å². The van der Waals surface area contributed by atoms with Crippen LogP contribution in [-0.4, -0.2) is 0 Å². The van der Waals surface area contributed by atoms with Gasteiger partial charge in [0.1, 0.15) is 0 Å². The molecule has 0 fully saturated rings. The molecule has 0 aromatic rings. The minimum absolute atomic E-state index is 1.14. The Hall–Kier alpha value is -1.04. The van der Waals surface area contributed by atoms with Crippen molar-refractivity contribution in [1.82, 2.24) is 0 Å². The van der Waals surface area contributed by atoms with Crippen LogP contribution in [0.15, 0.2) is 47.1 Å². The average Bonchev–Trinajstić information content (AvgIpc) is 2.75. The van der Waals surface area contributed by atoms with Crippen LogP contribution < -0.4 is 0 Å². The Morgan fingerprint density at radius 3 is 2.21 bits per heavy atom. The molecule has 0 atom stereocenters. The zero-order valence-corrected chi connectivity index (χ0v) is 9.51. The van der Waals surface area contributed by atoms with E-state index in [0.29, 0.717) is 0 Å². The molecule has 76 valence electrons. The molecule has 2 aliphatic rings. The van der Waals surface area contributed by atoms with E-state index in [1.807, 2.05) is 13.8 Å². The van der Waals surface area contributed by atoms with E-state index >= 15 is 0 Å². The second kappa shape index (κ2) is 5.64. The first-order valence-electron chi connectivity index (χ1n) is 5.58.